The number of nitrogens with one attached hydrogen (secondary N) is 3. The van der Waals surface area contributed by atoms with E-state index in [1.807, 2.05) is 49.1 Å². The van der Waals surface area contributed by atoms with Crippen molar-refractivity contribution in [3.05, 3.63) is 70.3 Å². The lowest BCUT2D eigenvalue weighted by Gasteiger charge is -2.34. The Morgan fingerprint density at radius 1 is 0.882 bits per heavy atom. The predicted octanol–water partition coefficient (Wildman–Crippen LogP) is 2.52. The fourth-order valence-electron chi connectivity index (χ4n) is 3.99. The lowest BCUT2D eigenvalue weighted by Crippen LogP contribution is -2.49. The Morgan fingerprint density at radius 2 is 1.59 bits per heavy atom. The van der Waals surface area contributed by atoms with Gasteiger partial charge in [0.2, 0.25) is 16.0 Å². The van der Waals surface area contributed by atoms with Gasteiger partial charge in [0, 0.05) is 43.6 Å². The standard InChI is InChI=1S/C23H25N7O3S/c1-15-3-5-17(6-4-15)25-21-13-16(2)24-22(28-21)29-9-11-30(12-10-29)34(32,33)18-7-8-19-20(14-18)27-23(31)26-19/h3-8,13-14H,9-12H2,1-2H3,(H,24,25,28)(H2,26,27,31). The van der Waals surface area contributed by atoms with Crippen molar-refractivity contribution >= 4 is 38.5 Å². The molecule has 2 aromatic heterocycles. The van der Waals surface area contributed by atoms with Gasteiger partial charge in [0.25, 0.3) is 0 Å². The van der Waals surface area contributed by atoms with E-state index in [1.165, 1.54) is 22.0 Å². The summed E-state index contributed by atoms with van der Waals surface area (Å²) in [6.45, 7) is 5.50. The number of anilines is 3. The highest BCUT2D eigenvalue weighted by Crippen LogP contribution is 2.23. The predicted molar refractivity (Wildman–Crippen MR) is 131 cm³/mol. The van der Waals surface area contributed by atoms with Gasteiger partial charge in [0.05, 0.1) is 15.9 Å². The molecule has 5 rings (SSSR count). The summed E-state index contributed by atoms with van der Waals surface area (Å²) in [6.07, 6.45) is 0. The van der Waals surface area contributed by atoms with Crippen molar-refractivity contribution in [3.8, 4) is 0 Å². The van der Waals surface area contributed by atoms with E-state index in [2.05, 4.69) is 25.3 Å². The van der Waals surface area contributed by atoms with Gasteiger partial charge in [-0.05, 0) is 44.2 Å². The fourth-order valence-corrected chi connectivity index (χ4v) is 5.44. The van der Waals surface area contributed by atoms with E-state index in [1.54, 1.807) is 6.07 Å². The third-order valence-corrected chi connectivity index (χ3v) is 7.71. The Kier molecular flexibility index (Phi) is 5.58. The maximum absolute atomic E-state index is 13.2. The monoisotopic (exact) mass is 479 g/mol. The summed E-state index contributed by atoms with van der Waals surface area (Å²) in [6, 6.07) is 14.5. The summed E-state index contributed by atoms with van der Waals surface area (Å²) in [5.74, 6) is 1.26. The molecule has 176 valence electrons. The van der Waals surface area contributed by atoms with Gasteiger partial charge >= 0.3 is 5.69 Å². The van der Waals surface area contributed by atoms with Gasteiger partial charge in [-0.15, -0.1) is 0 Å². The van der Waals surface area contributed by atoms with Crippen molar-refractivity contribution < 1.29 is 8.42 Å². The largest absolute Gasteiger partial charge is 0.340 e. The summed E-state index contributed by atoms with van der Waals surface area (Å²) in [5.41, 5.74) is 3.61. The molecule has 0 spiro atoms. The van der Waals surface area contributed by atoms with Crippen molar-refractivity contribution in [2.45, 2.75) is 18.7 Å². The highest BCUT2D eigenvalue weighted by molar-refractivity contribution is 7.89. The van der Waals surface area contributed by atoms with Crippen LogP contribution in [0.4, 0.5) is 17.5 Å². The fraction of sp³-hybridized carbons (Fsp3) is 0.261. The van der Waals surface area contributed by atoms with E-state index in [0.717, 1.165) is 11.4 Å². The number of aryl methyl sites for hydroxylation is 2. The number of imidazole rings is 1. The van der Waals surface area contributed by atoms with Gasteiger partial charge in [-0.25, -0.2) is 18.2 Å². The molecule has 0 radical (unpaired) electrons. The third-order valence-electron chi connectivity index (χ3n) is 5.81. The molecule has 2 aromatic carbocycles. The number of aromatic nitrogens is 4. The Labute approximate surface area is 196 Å². The Morgan fingerprint density at radius 3 is 2.32 bits per heavy atom. The van der Waals surface area contributed by atoms with Crippen molar-refractivity contribution in [2.24, 2.45) is 0 Å². The molecule has 4 aromatic rings. The molecule has 3 N–H and O–H groups in total. The molecule has 1 aliphatic heterocycles. The summed E-state index contributed by atoms with van der Waals surface area (Å²) in [4.78, 5) is 28.1. The summed E-state index contributed by atoms with van der Waals surface area (Å²) < 4.78 is 27.8. The SMILES string of the molecule is Cc1ccc(Nc2cc(C)nc(N3CCN(S(=O)(=O)c4ccc5[nH]c(=O)[nH]c5c4)CC3)n2)cc1. The third kappa shape index (κ3) is 4.39. The summed E-state index contributed by atoms with van der Waals surface area (Å²) in [7, 11) is -3.69. The minimum absolute atomic E-state index is 0.153. The molecule has 0 unspecified atom stereocenters. The maximum atomic E-state index is 13.2. The van der Waals surface area contributed by atoms with Crippen LogP contribution in [0.25, 0.3) is 11.0 Å². The Hall–Kier alpha value is -3.70. The van der Waals surface area contributed by atoms with E-state index in [0.29, 0.717) is 49.0 Å². The van der Waals surface area contributed by atoms with Crippen LogP contribution in [0.1, 0.15) is 11.3 Å². The van der Waals surface area contributed by atoms with Crippen LogP contribution in [-0.4, -0.2) is 58.8 Å². The topological polar surface area (TPSA) is 127 Å². The number of hydrogen-bond acceptors (Lipinski definition) is 7. The van der Waals surface area contributed by atoms with Crippen LogP contribution in [-0.2, 0) is 10.0 Å². The number of rotatable bonds is 5. The second-order valence-corrected chi connectivity index (χ2v) is 10.3. The Balaban J connectivity index is 1.31. The summed E-state index contributed by atoms with van der Waals surface area (Å²) >= 11 is 0. The van der Waals surface area contributed by atoms with Crippen LogP contribution in [0, 0.1) is 13.8 Å². The van der Waals surface area contributed by atoms with Gasteiger partial charge in [0.15, 0.2) is 0 Å². The van der Waals surface area contributed by atoms with Crippen LogP contribution in [0.5, 0.6) is 0 Å². The second kappa shape index (κ2) is 8.58. The van der Waals surface area contributed by atoms with Crippen molar-refractivity contribution in [3.63, 3.8) is 0 Å². The van der Waals surface area contributed by atoms with Crippen LogP contribution in [0.15, 0.2) is 58.2 Å². The number of nitrogens with zero attached hydrogens (tertiary/aromatic N) is 4. The second-order valence-electron chi connectivity index (χ2n) is 8.36. The molecule has 10 nitrogen and oxygen atoms in total. The van der Waals surface area contributed by atoms with Crippen LogP contribution < -0.4 is 15.9 Å². The zero-order valence-electron chi connectivity index (χ0n) is 18.9. The number of sulfonamides is 1. The molecular formula is C23H25N7O3S. The molecule has 1 aliphatic rings. The normalized spacial score (nSPS) is 15.1. The van der Waals surface area contributed by atoms with E-state index in [9.17, 15) is 13.2 Å². The maximum Gasteiger partial charge on any atom is 0.323 e. The number of benzene rings is 2. The molecule has 0 saturated carbocycles. The van der Waals surface area contributed by atoms with Crippen molar-refractivity contribution in [2.75, 3.05) is 36.4 Å². The molecule has 34 heavy (non-hydrogen) atoms. The number of aromatic amines is 2. The first kappa shape index (κ1) is 22.1. The molecule has 0 atom stereocenters. The van der Waals surface area contributed by atoms with Crippen molar-refractivity contribution in [1.29, 1.82) is 0 Å². The van der Waals surface area contributed by atoms with Crippen LogP contribution in [0.3, 0.4) is 0 Å². The minimum atomic E-state index is -3.69. The molecule has 11 heteroatoms. The van der Waals surface area contributed by atoms with Gasteiger partial charge < -0.3 is 20.2 Å². The highest BCUT2D eigenvalue weighted by Gasteiger charge is 2.30. The zero-order chi connectivity index (χ0) is 23.9. The first-order valence-corrected chi connectivity index (χ1v) is 12.4. The average molecular weight is 480 g/mol. The van der Waals surface area contributed by atoms with E-state index in [-0.39, 0.29) is 10.6 Å². The van der Waals surface area contributed by atoms with E-state index >= 15 is 0 Å². The van der Waals surface area contributed by atoms with Gasteiger partial charge in [-0.3, -0.25) is 0 Å². The lowest BCUT2D eigenvalue weighted by molar-refractivity contribution is 0.382. The number of fused-ring (bicyclic) bond motifs is 1. The molecule has 0 aliphatic carbocycles. The highest BCUT2D eigenvalue weighted by atomic mass is 32.2. The molecule has 0 amide bonds. The van der Waals surface area contributed by atoms with Crippen molar-refractivity contribution in [1.82, 2.24) is 24.2 Å². The first-order chi connectivity index (χ1) is 16.3. The van der Waals surface area contributed by atoms with E-state index in [4.69, 9.17) is 0 Å². The van der Waals surface area contributed by atoms with E-state index < -0.39 is 10.0 Å². The zero-order valence-corrected chi connectivity index (χ0v) is 19.7. The molecule has 3 heterocycles. The number of H-pyrrole nitrogens is 2. The lowest BCUT2D eigenvalue weighted by atomic mass is 10.2. The Bertz CT molecular complexity index is 1500. The van der Waals surface area contributed by atoms with Crippen LogP contribution in [0.2, 0.25) is 0 Å². The summed E-state index contributed by atoms with van der Waals surface area (Å²) in [5, 5.41) is 3.31. The minimum Gasteiger partial charge on any atom is -0.340 e. The van der Waals surface area contributed by atoms with Gasteiger partial charge in [-0.2, -0.15) is 9.29 Å². The van der Waals surface area contributed by atoms with Crippen LogP contribution >= 0.6 is 0 Å². The van der Waals surface area contributed by atoms with Gasteiger partial charge in [0.1, 0.15) is 5.82 Å². The van der Waals surface area contributed by atoms with Gasteiger partial charge in [-0.1, -0.05) is 17.7 Å². The average Bonchev–Trinajstić information content (AvgIpc) is 3.19. The first-order valence-electron chi connectivity index (χ1n) is 10.9. The molecule has 1 fully saturated rings. The number of piperazine rings is 1. The smallest absolute Gasteiger partial charge is 0.323 e. The number of hydrogen-bond donors (Lipinski definition) is 3. The molecule has 0 bridgehead atoms. The quantitative estimate of drug-likeness (QED) is 0.401. The molecule has 1 saturated heterocycles. The molecular weight excluding hydrogens is 454 g/mol.